The SMILES string of the molecule is CCCCC[C@H](O)/C=C\[C@@H]1[C@H](O)[C@H](O)[C@H]2COP(=O)(O)OP(=O)(O)OC[C@@H](COC(=O)CCCCCCCCCCCCCCCCCCCCC(C)CC)OC(=O)CCCCCC[C@H]([C@H](n3ccc(N)nc3=O)O2)[C@@H](O)C[C@H]1O. The Bertz CT molecular complexity index is 2030. The minimum atomic E-state index is -5.69. The molecule has 0 radical (unpaired) electrons. The van der Waals surface area contributed by atoms with Crippen LogP contribution in [0.2, 0.25) is 0 Å². The second-order valence-corrected chi connectivity index (χ2v) is 25.5. The molecule has 3 unspecified atom stereocenters. The van der Waals surface area contributed by atoms with Gasteiger partial charge in [0.05, 0.1) is 37.6 Å². The summed E-state index contributed by atoms with van der Waals surface area (Å²) in [7, 11) is -11.3. The Morgan fingerprint density at radius 3 is 1.93 bits per heavy atom. The number of nitrogen functional groups attached to an aromatic ring is 1. The fraction of sp³-hybridized carbons (Fsp3) is 0.860. The molecule has 0 aromatic carbocycles. The molecule has 2 saturated heterocycles. The summed E-state index contributed by atoms with van der Waals surface area (Å²) in [6.45, 7) is 3.97. The van der Waals surface area contributed by atoms with Crippen molar-refractivity contribution in [3.8, 4) is 0 Å². The summed E-state index contributed by atoms with van der Waals surface area (Å²) in [5.74, 6) is -3.09. The van der Waals surface area contributed by atoms with E-state index in [-0.39, 0.29) is 25.1 Å². The zero-order valence-corrected chi connectivity index (χ0v) is 50.2. The van der Waals surface area contributed by atoms with Gasteiger partial charge < -0.3 is 55.3 Å². The van der Waals surface area contributed by atoms with Gasteiger partial charge in [-0.25, -0.2) is 13.9 Å². The quantitative estimate of drug-likeness (QED) is 0.0148. The van der Waals surface area contributed by atoms with Crippen molar-refractivity contribution in [1.82, 2.24) is 9.55 Å². The molecular weight excluding hydrogens is 1080 g/mol. The molecular formula is C57H103N3O18P2. The van der Waals surface area contributed by atoms with Crippen LogP contribution in [0.25, 0.3) is 0 Å². The van der Waals surface area contributed by atoms with E-state index in [0.717, 1.165) is 49.0 Å². The number of phosphoric ester groups is 2. The summed E-state index contributed by atoms with van der Waals surface area (Å²) in [6.07, 6.45) is 19.3. The maximum absolute atomic E-state index is 13.4. The Balaban J connectivity index is 1.59. The summed E-state index contributed by atoms with van der Waals surface area (Å²) >= 11 is 0. The molecule has 464 valence electrons. The van der Waals surface area contributed by atoms with Crippen LogP contribution in [0, 0.1) is 17.8 Å². The van der Waals surface area contributed by atoms with Gasteiger partial charge in [0.1, 0.15) is 30.9 Å². The number of anilines is 1. The van der Waals surface area contributed by atoms with Crippen molar-refractivity contribution in [3.63, 3.8) is 0 Å². The molecule has 21 nitrogen and oxygen atoms in total. The molecule has 13 atom stereocenters. The topological polar surface area (TPSA) is 326 Å². The number of cyclic esters (lactones) is 1. The minimum Gasteiger partial charge on any atom is -0.462 e. The van der Waals surface area contributed by atoms with Gasteiger partial charge in [0.2, 0.25) is 0 Å². The molecule has 0 saturated carbocycles. The van der Waals surface area contributed by atoms with Crippen LogP contribution in [0.4, 0.5) is 5.82 Å². The molecule has 3 rings (SSSR count). The van der Waals surface area contributed by atoms with E-state index >= 15 is 0 Å². The summed E-state index contributed by atoms with van der Waals surface area (Å²) in [5, 5.41) is 57.6. The van der Waals surface area contributed by atoms with E-state index in [1.165, 1.54) is 121 Å². The van der Waals surface area contributed by atoms with Crippen LogP contribution in [-0.2, 0) is 46.3 Å². The Labute approximate surface area is 476 Å². The summed E-state index contributed by atoms with van der Waals surface area (Å²) in [5.41, 5.74) is 4.83. The normalized spacial score (nSPS) is 29.0. The number of nitrogens with zero attached hydrogens (tertiary/aromatic N) is 2. The standard InChI is InChI=1S/C57H103N3O18P2/c1-4-6-25-31-44(61)35-36-46-48(62)39-49(63)47-32-27-23-24-29-34-53(65)76-45(40-73-52(64)33-28-22-20-18-16-14-12-10-8-7-9-11-13-15-17-19-21-26-30-43(3)5-2)41-74-79(69,70)78-80(71,72)75-42-50(55(67)54(46)66)77-56(47)60-38-37-51(58)59-57(60)68/h35-38,43-50,54-56,61-63,66-67H,4-34,39-42H2,1-3H3,(H,69,70)(H,71,72)(H2,58,59,68)/b36-35-/t43?,44-,45+,46-,47-,48+,49-,50+,54-,55+,56+/m0/s1. The van der Waals surface area contributed by atoms with E-state index in [9.17, 15) is 58.8 Å². The molecule has 1 aromatic heterocycles. The molecule has 9 N–H and O–H groups in total. The Morgan fingerprint density at radius 1 is 0.775 bits per heavy atom. The van der Waals surface area contributed by atoms with Gasteiger partial charge in [-0.2, -0.15) is 9.29 Å². The molecule has 1 aromatic rings. The van der Waals surface area contributed by atoms with Crippen LogP contribution >= 0.6 is 15.6 Å². The molecule has 23 heteroatoms. The first-order chi connectivity index (χ1) is 38.3. The summed E-state index contributed by atoms with van der Waals surface area (Å²) in [6, 6.07) is 1.27. The van der Waals surface area contributed by atoms with Crippen molar-refractivity contribution in [3.05, 3.63) is 34.9 Å². The van der Waals surface area contributed by atoms with Gasteiger partial charge in [-0.05, 0) is 37.7 Å². The first-order valence-corrected chi connectivity index (χ1v) is 33.3. The number of rotatable bonds is 31. The number of unbranched alkanes of at least 4 members (excludes halogenated alkanes) is 19. The maximum atomic E-state index is 13.4. The Hall–Kier alpha value is -2.62. The average molecular weight is 1180 g/mol. The highest BCUT2D eigenvalue weighted by atomic mass is 31.3. The molecule has 2 bridgehead atoms. The summed E-state index contributed by atoms with van der Waals surface area (Å²) < 4.78 is 59.4. The third-order valence-electron chi connectivity index (χ3n) is 15.5. The third kappa shape index (κ3) is 30.3. The molecule has 0 spiro atoms. The van der Waals surface area contributed by atoms with E-state index in [0.29, 0.717) is 44.9 Å². The minimum absolute atomic E-state index is 0.0927. The van der Waals surface area contributed by atoms with Crippen molar-refractivity contribution in [2.24, 2.45) is 17.8 Å². The van der Waals surface area contributed by atoms with Crippen molar-refractivity contribution >= 4 is 33.4 Å². The van der Waals surface area contributed by atoms with Crippen molar-refractivity contribution in [2.75, 3.05) is 25.6 Å². The van der Waals surface area contributed by atoms with Gasteiger partial charge in [-0.3, -0.25) is 23.2 Å². The number of carbonyl (C=O) groups excluding carboxylic acids is 2. The number of hydrogen-bond donors (Lipinski definition) is 8. The number of nitrogens with two attached hydrogens (primary N) is 1. The van der Waals surface area contributed by atoms with E-state index in [1.807, 2.05) is 6.92 Å². The number of phosphoric acid groups is 2. The van der Waals surface area contributed by atoms with E-state index in [1.54, 1.807) is 0 Å². The maximum Gasteiger partial charge on any atom is 0.481 e. The Kier molecular flexibility index (Phi) is 36.4. The highest BCUT2D eigenvalue weighted by Crippen LogP contribution is 2.60. The van der Waals surface area contributed by atoms with Crippen LogP contribution in [0.5, 0.6) is 0 Å². The first kappa shape index (κ1) is 71.6. The molecule has 2 aliphatic heterocycles. The number of aromatic nitrogens is 2. The van der Waals surface area contributed by atoms with E-state index < -0.39 is 120 Å². The van der Waals surface area contributed by atoms with Gasteiger partial charge in [0, 0.05) is 37.3 Å². The second-order valence-electron chi connectivity index (χ2n) is 22.4. The highest BCUT2D eigenvalue weighted by molar-refractivity contribution is 7.61. The van der Waals surface area contributed by atoms with Gasteiger partial charge >= 0.3 is 33.3 Å². The zero-order chi connectivity index (χ0) is 58.8. The molecule has 0 aliphatic carbocycles. The van der Waals surface area contributed by atoms with Gasteiger partial charge in [0.15, 0.2) is 6.10 Å². The molecule has 3 heterocycles. The number of ether oxygens (including phenoxy) is 3. The summed E-state index contributed by atoms with van der Waals surface area (Å²) in [4.78, 5) is 64.5. The number of carbonyl (C=O) groups is 2. The molecule has 2 aliphatic rings. The highest BCUT2D eigenvalue weighted by Gasteiger charge is 2.45. The number of aliphatic hydroxyl groups is 5. The first-order valence-electron chi connectivity index (χ1n) is 30.4. The fourth-order valence-corrected chi connectivity index (χ4v) is 12.4. The molecule has 2 fully saturated rings. The predicted molar refractivity (Wildman–Crippen MR) is 305 cm³/mol. The predicted octanol–water partition coefficient (Wildman–Crippen LogP) is 10.2. The lowest BCUT2D eigenvalue weighted by Gasteiger charge is -2.41. The largest absolute Gasteiger partial charge is 0.481 e. The van der Waals surface area contributed by atoms with Gasteiger partial charge in [0.25, 0.3) is 0 Å². The number of hydrogen-bond acceptors (Lipinski definition) is 18. The Morgan fingerprint density at radius 2 is 1.34 bits per heavy atom. The van der Waals surface area contributed by atoms with Crippen LogP contribution in [0.15, 0.2) is 29.2 Å². The van der Waals surface area contributed by atoms with Crippen LogP contribution in [-0.4, -0.2) is 119 Å². The molecule has 80 heavy (non-hydrogen) atoms. The average Bonchev–Trinajstić information content (AvgIpc) is 3.40. The second kappa shape index (κ2) is 40.6. The van der Waals surface area contributed by atoms with Gasteiger partial charge in [-0.15, -0.1) is 0 Å². The van der Waals surface area contributed by atoms with E-state index in [4.69, 9.17) is 29.0 Å². The molecule has 0 amide bonds. The smallest absolute Gasteiger partial charge is 0.462 e. The van der Waals surface area contributed by atoms with Crippen molar-refractivity contribution < 1.29 is 81.6 Å². The van der Waals surface area contributed by atoms with E-state index in [2.05, 4.69) is 23.1 Å². The lowest BCUT2D eigenvalue weighted by atomic mass is 9.82. The number of fused-ring (bicyclic) bond motifs is 3. The monoisotopic (exact) mass is 1180 g/mol. The van der Waals surface area contributed by atoms with Crippen molar-refractivity contribution in [1.29, 1.82) is 0 Å². The van der Waals surface area contributed by atoms with Crippen LogP contribution in [0.3, 0.4) is 0 Å². The van der Waals surface area contributed by atoms with Crippen LogP contribution in [0.1, 0.15) is 232 Å². The zero-order valence-electron chi connectivity index (χ0n) is 48.4. The lowest BCUT2D eigenvalue weighted by Crippen LogP contribution is -2.52. The lowest BCUT2D eigenvalue weighted by molar-refractivity contribution is -0.195. The van der Waals surface area contributed by atoms with Gasteiger partial charge in [-0.1, -0.05) is 193 Å². The number of aliphatic hydroxyl groups excluding tert-OH is 5. The number of esters is 2. The van der Waals surface area contributed by atoms with Crippen LogP contribution < -0.4 is 11.4 Å². The fourth-order valence-electron chi connectivity index (χ4n) is 10.3. The van der Waals surface area contributed by atoms with Crippen molar-refractivity contribution in [2.45, 2.75) is 275 Å². The third-order valence-corrected chi connectivity index (χ3v) is 18.1.